The van der Waals surface area contributed by atoms with Gasteiger partial charge in [-0.25, -0.2) is 4.99 Å². The molecule has 2 aliphatic rings. The van der Waals surface area contributed by atoms with Gasteiger partial charge in [0.25, 0.3) is 5.91 Å². The molecule has 0 spiro atoms. The standard InChI is InChI=1S/C27H33N3O2S/c1-18-14-23-22(19(2)17-27(3,4)29(23)5)15-20(18)16-24-25(31)30(12-13-32-6)26(33-24)28-21-10-8-7-9-11-21/h7-11,14-16,19H,12-13,17H2,1-6H3/b24-16+,28-26?. The molecular weight excluding hydrogens is 430 g/mol. The minimum absolute atomic E-state index is 0.0184. The van der Waals surface area contributed by atoms with Gasteiger partial charge in [0.15, 0.2) is 5.17 Å². The van der Waals surface area contributed by atoms with Crippen LogP contribution in [0.1, 0.15) is 49.8 Å². The van der Waals surface area contributed by atoms with Gasteiger partial charge >= 0.3 is 0 Å². The van der Waals surface area contributed by atoms with Gasteiger partial charge in [-0.1, -0.05) is 25.1 Å². The molecule has 2 aromatic rings. The molecule has 0 N–H and O–H groups in total. The van der Waals surface area contributed by atoms with Crippen molar-refractivity contribution < 1.29 is 9.53 Å². The van der Waals surface area contributed by atoms with Crippen LogP contribution in [-0.2, 0) is 9.53 Å². The second-order valence-corrected chi connectivity index (χ2v) is 10.5. The number of methoxy groups -OCH3 is 1. The number of aliphatic imine (C=N–C) groups is 1. The average Bonchev–Trinajstić information content (AvgIpc) is 3.06. The molecule has 33 heavy (non-hydrogen) atoms. The predicted octanol–water partition coefficient (Wildman–Crippen LogP) is 5.97. The van der Waals surface area contributed by atoms with E-state index in [2.05, 4.69) is 51.8 Å². The smallest absolute Gasteiger partial charge is 0.266 e. The normalized spacial score (nSPS) is 22.4. The number of para-hydroxylation sites is 1. The van der Waals surface area contributed by atoms with Crippen molar-refractivity contribution in [2.75, 3.05) is 32.2 Å². The van der Waals surface area contributed by atoms with E-state index in [4.69, 9.17) is 9.73 Å². The van der Waals surface area contributed by atoms with Crippen LogP contribution in [0.5, 0.6) is 0 Å². The van der Waals surface area contributed by atoms with Crippen molar-refractivity contribution in [3.05, 3.63) is 64.1 Å². The molecule has 174 valence electrons. The van der Waals surface area contributed by atoms with Crippen molar-refractivity contribution in [2.45, 2.75) is 45.6 Å². The van der Waals surface area contributed by atoms with Gasteiger partial charge in [0.1, 0.15) is 0 Å². The summed E-state index contributed by atoms with van der Waals surface area (Å²) in [5.74, 6) is 0.444. The predicted molar refractivity (Wildman–Crippen MR) is 139 cm³/mol. The number of amides is 1. The summed E-state index contributed by atoms with van der Waals surface area (Å²) in [4.78, 5) is 22.9. The Morgan fingerprint density at radius 2 is 1.97 bits per heavy atom. The third kappa shape index (κ3) is 4.73. The highest BCUT2D eigenvalue weighted by atomic mass is 32.2. The number of fused-ring (bicyclic) bond motifs is 1. The zero-order valence-electron chi connectivity index (χ0n) is 20.4. The Morgan fingerprint density at radius 1 is 1.24 bits per heavy atom. The van der Waals surface area contributed by atoms with Gasteiger partial charge in [0.05, 0.1) is 23.7 Å². The Labute approximate surface area is 201 Å². The van der Waals surface area contributed by atoms with Crippen molar-refractivity contribution in [3.8, 4) is 0 Å². The van der Waals surface area contributed by atoms with Gasteiger partial charge in [0, 0.05) is 25.4 Å². The number of amidine groups is 1. The summed E-state index contributed by atoms with van der Waals surface area (Å²) in [7, 11) is 3.83. The van der Waals surface area contributed by atoms with Crippen LogP contribution in [0.15, 0.2) is 52.4 Å². The fourth-order valence-corrected chi connectivity index (χ4v) is 5.63. The number of benzene rings is 2. The molecule has 1 saturated heterocycles. The van der Waals surface area contributed by atoms with Crippen molar-refractivity contribution in [2.24, 2.45) is 4.99 Å². The summed E-state index contributed by atoms with van der Waals surface area (Å²) >= 11 is 1.44. The van der Waals surface area contributed by atoms with Crippen molar-refractivity contribution in [1.82, 2.24) is 4.90 Å². The zero-order valence-corrected chi connectivity index (χ0v) is 21.2. The minimum Gasteiger partial charge on any atom is -0.383 e. The number of anilines is 1. The van der Waals surface area contributed by atoms with E-state index in [0.717, 1.165) is 17.7 Å². The van der Waals surface area contributed by atoms with Crippen LogP contribution < -0.4 is 4.90 Å². The topological polar surface area (TPSA) is 45.1 Å². The molecule has 0 aromatic heterocycles. The highest BCUT2D eigenvalue weighted by Gasteiger charge is 2.36. The van der Waals surface area contributed by atoms with Crippen LogP contribution in [0.2, 0.25) is 0 Å². The van der Waals surface area contributed by atoms with E-state index in [0.29, 0.717) is 29.1 Å². The molecule has 1 amide bonds. The fourth-order valence-electron chi connectivity index (χ4n) is 4.62. The van der Waals surface area contributed by atoms with Crippen LogP contribution >= 0.6 is 11.8 Å². The van der Waals surface area contributed by atoms with Crippen LogP contribution in [0.3, 0.4) is 0 Å². The Hall–Kier alpha value is -2.57. The van der Waals surface area contributed by atoms with Crippen molar-refractivity contribution in [1.29, 1.82) is 0 Å². The quantitative estimate of drug-likeness (QED) is 0.513. The molecule has 0 bridgehead atoms. The highest BCUT2D eigenvalue weighted by molar-refractivity contribution is 8.18. The number of carbonyl (C=O) groups is 1. The first-order valence-corrected chi connectivity index (χ1v) is 12.3. The summed E-state index contributed by atoms with van der Waals surface area (Å²) in [5, 5.41) is 0.694. The molecule has 1 unspecified atom stereocenters. The largest absolute Gasteiger partial charge is 0.383 e. The lowest BCUT2D eigenvalue weighted by Gasteiger charge is -2.45. The summed E-state index contributed by atoms with van der Waals surface area (Å²) < 4.78 is 5.24. The molecular formula is C27H33N3O2S. The monoisotopic (exact) mass is 463 g/mol. The molecule has 1 atom stereocenters. The van der Waals surface area contributed by atoms with Crippen molar-refractivity contribution >= 4 is 40.3 Å². The van der Waals surface area contributed by atoms with Gasteiger partial charge in [-0.2, -0.15) is 0 Å². The molecule has 2 aliphatic heterocycles. The first-order valence-electron chi connectivity index (χ1n) is 11.4. The van der Waals surface area contributed by atoms with E-state index in [9.17, 15) is 4.79 Å². The Kier molecular flexibility index (Phi) is 6.68. The average molecular weight is 464 g/mol. The maximum atomic E-state index is 13.3. The van der Waals surface area contributed by atoms with Crippen molar-refractivity contribution in [3.63, 3.8) is 0 Å². The molecule has 0 aliphatic carbocycles. The third-order valence-electron chi connectivity index (χ3n) is 6.70. The molecule has 1 fully saturated rings. The highest BCUT2D eigenvalue weighted by Crippen LogP contribution is 2.44. The number of ether oxygens (including phenoxy) is 1. The van der Waals surface area contributed by atoms with E-state index in [1.54, 1.807) is 12.0 Å². The van der Waals surface area contributed by atoms with Crippen LogP contribution in [-0.4, -0.2) is 48.8 Å². The lowest BCUT2D eigenvalue weighted by Crippen LogP contribution is -2.45. The molecule has 2 heterocycles. The van der Waals surface area contributed by atoms with Gasteiger partial charge in [-0.05, 0) is 91.9 Å². The van der Waals surface area contributed by atoms with Gasteiger partial charge in [-0.3, -0.25) is 9.69 Å². The SMILES string of the molecule is COCCN1C(=O)/C(=C\c2cc3c(cc2C)N(C)C(C)(C)CC3C)SC1=Nc1ccccc1. The molecule has 4 rings (SSSR count). The Bertz CT molecular complexity index is 1110. The van der Waals surface area contributed by atoms with Gasteiger partial charge in [0.2, 0.25) is 0 Å². The lowest BCUT2D eigenvalue weighted by atomic mass is 9.79. The van der Waals surface area contributed by atoms with E-state index in [1.807, 2.05) is 36.4 Å². The van der Waals surface area contributed by atoms with Crippen LogP contribution in [0, 0.1) is 6.92 Å². The number of nitrogens with zero attached hydrogens (tertiary/aromatic N) is 3. The Balaban J connectivity index is 1.71. The summed E-state index contributed by atoms with van der Waals surface area (Å²) in [5.41, 5.74) is 5.86. The summed E-state index contributed by atoms with van der Waals surface area (Å²) in [6.07, 6.45) is 3.13. The van der Waals surface area contributed by atoms with E-state index in [1.165, 1.54) is 28.6 Å². The van der Waals surface area contributed by atoms with Gasteiger partial charge in [-0.15, -0.1) is 0 Å². The van der Waals surface area contributed by atoms with Gasteiger partial charge < -0.3 is 9.64 Å². The van der Waals surface area contributed by atoms with Crippen LogP contribution in [0.4, 0.5) is 11.4 Å². The minimum atomic E-state index is -0.0184. The molecule has 0 saturated carbocycles. The second kappa shape index (κ2) is 9.35. The van der Waals surface area contributed by atoms with E-state index in [-0.39, 0.29) is 11.4 Å². The molecule has 5 nitrogen and oxygen atoms in total. The number of thioether (sulfide) groups is 1. The number of hydrogen-bond donors (Lipinski definition) is 0. The zero-order chi connectivity index (χ0) is 23.8. The first-order chi connectivity index (χ1) is 15.7. The first kappa shape index (κ1) is 23.6. The second-order valence-electron chi connectivity index (χ2n) is 9.53. The molecule has 6 heteroatoms. The third-order valence-corrected chi connectivity index (χ3v) is 7.70. The fraction of sp³-hybridized carbons (Fsp3) is 0.407. The molecule has 2 aromatic carbocycles. The number of hydrogen-bond acceptors (Lipinski definition) is 5. The molecule has 0 radical (unpaired) electrons. The van der Waals surface area contributed by atoms with Crippen LogP contribution in [0.25, 0.3) is 6.08 Å². The summed E-state index contributed by atoms with van der Waals surface area (Å²) in [6.45, 7) is 9.96. The Morgan fingerprint density at radius 3 is 2.67 bits per heavy atom. The van der Waals surface area contributed by atoms with E-state index < -0.39 is 0 Å². The maximum Gasteiger partial charge on any atom is 0.266 e. The van der Waals surface area contributed by atoms with E-state index >= 15 is 0 Å². The number of aryl methyl sites for hydroxylation is 1. The number of carbonyl (C=O) groups excluding carboxylic acids is 1. The summed E-state index contributed by atoms with van der Waals surface area (Å²) in [6, 6.07) is 14.3. The lowest BCUT2D eigenvalue weighted by molar-refractivity contribution is -0.122. The number of rotatable bonds is 5. The maximum absolute atomic E-state index is 13.3.